The number of nitrogens with two attached hydrogens (primary N) is 1. The minimum atomic E-state index is -4.79. The molecule has 0 unspecified atom stereocenters. The van der Waals surface area contributed by atoms with Gasteiger partial charge in [-0.1, -0.05) is 23.4 Å². The van der Waals surface area contributed by atoms with Crippen molar-refractivity contribution in [3.8, 4) is 5.75 Å². The van der Waals surface area contributed by atoms with Crippen LogP contribution in [0.4, 0.5) is 13.2 Å². The lowest BCUT2D eigenvalue weighted by Gasteiger charge is -2.15. The highest BCUT2D eigenvalue weighted by atomic mass is 19.4. The SMILES string of the molecule is Cc1nc([C@@H](N)c2ccccc2OC(F)(F)F)no1. The van der Waals surface area contributed by atoms with E-state index in [0.29, 0.717) is 0 Å². The Morgan fingerprint density at radius 2 is 2.00 bits per heavy atom. The Bertz CT molecular complexity index is 568. The number of rotatable bonds is 3. The van der Waals surface area contributed by atoms with Gasteiger partial charge >= 0.3 is 6.36 Å². The molecular formula is C11H10F3N3O2. The summed E-state index contributed by atoms with van der Waals surface area (Å²) in [6.07, 6.45) is -4.79. The number of aromatic nitrogens is 2. The van der Waals surface area contributed by atoms with Gasteiger partial charge in [0.25, 0.3) is 0 Å². The molecule has 2 aromatic rings. The van der Waals surface area contributed by atoms with Gasteiger partial charge in [-0.2, -0.15) is 4.98 Å². The van der Waals surface area contributed by atoms with Crippen LogP contribution in [0.5, 0.6) is 5.75 Å². The highest BCUT2D eigenvalue weighted by molar-refractivity contribution is 5.38. The Balaban J connectivity index is 2.34. The lowest BCUT2D eigenvalue weighted by atomic mass is 10.1. The third-order valence-corrected chi connectivity index (χ3v) is 2.30. The molecule has 0 amide bonds. The summed E-state index contributed by atoms with van der Waals surface area (Å²) < 4.78 is 45.5. The number of para-hydroxylation sites is 1. The summed E-state index contributed by atoms with van der Waals surface area (Å²) in [5.74, 6) is -0.0136. The number of alkyl halides is 3. The zero-order valence-corrected chi connectivity index (χ0v) is 9.81. The molecular weight excluding hydrogens is 263 g/mol. The van der Waals surface area contributed by atoms with Gasteiger partial charge in [0.15, 0.2) is 5.82 Å². The first-order chi connectivity index (χ1) is 8.87. The highest BCUT2D eigenvalue weighted by Gasteiger charge is 2.33. The van der Waals surface area contributed by atoms with E-state index in [9.17, 15) is 13.2 Å². The van der Waals surface area contributed by atoms with Gasteiger partial charge in [0.05, 0.1) is 6.04 Å². The Morgan fingerprint density at radius 1 is 1.32 bits per heavy atom. The maximum absolute atomic E-state index is 12.3. The predicted octanol–water partition coefficient (Wildman–Crippen LogP) is 2.32. The van der Waals surface area contributed by atoms with Crippen molar-refractivity contribution in [2.24, 2.45) is 5.73 Å². The number of ether oxygens (including phenoxy) is 1. The molecule has 0 bridgehead atoms. The normalized spacial score (nSPS) is 13.3. The van der Waals surface area contributed by atoms with Gasteiger partial charge in [0.2, 0.25) is 5.89 Å². The number of hydrogen-bond donors (Lipinski definition) is 1. The average Bonchev–Trinajstić information content (AvgIpc) is 2.74. The fourth-order valence-electron chi connectivity index (χ4n) is 1.54. The largest absolute Gasteiger partial charge is 0.573 e. The van der Waals surface area contributed by atoms with Crippen LogP contribution in [0.3, 0.4) is 0 Å². The number of hydrogen-bond acceptors (Lipinski definition) is 5. The van der Waals surface area contributed by atoms with Crippen LogP contribution in [0.2, 0.25) is 0 Å². The summed E-state index contributed by atoms with van der Waals surface area (Å²) >= 11 is 0. The van der Waals surface area contributed by atoms with E-state index >= 15 is 0 Å². The molecule has 0 radical (unpaired) electrons. The minimum absolute atomic E-state index is 0.0933. The molecule has 2 rings (SSSR count). The Kier molecular flexibility index (Phi) is 3.43. The van der Waals surface area contributed by atoms with E-state index in [1.807, 2.05) is 0 Å². The molecule has 0 spiro atoms. The van der Waals surface area contributed by atoms with Crippen LogP contribution in [-0.4, -0.2) is 16.5 Å². The molecule has 0 saturated carbocycles. The summed E-state index contributed by atoms with van der Waals surface area (Å²) in [4.78, 5) is 3.88. The third kappa shape index (κ3) is 3.22. The van der Waals surface area contributed by atoms with Crippen LogP contribution in [0.1, 0.15) is 23.3 Å². The van der Waals surface area contributed by atoms with Gasteiger partial charge in [-0.05, 0) is 6.07 Å². The molecule has 1 aromatic carbocycles. The van der Waals surface area contributed by atoms with Crippen LogP contribution in [0.15, 0.2) is 28.8 Å². The standard InChI is InChI=1S/C11H10F3N3O2/c1-6-16-10(17-19-6)9(15)7-4-2-3-5-8(7)18-11(12,13)14/h2-5,9H,15H2,1H3/t9-/m0/s1. The van der Waals surface area contributed by atoms with Gasteiger partial charge < -0.3 is 15.0 Å². The Hall–Kier alpha value is -2.09. The van der Waals surface area contributed by atoms with Crippen LogP contribution in [0, 0.1) is 6.92 Å². The Labute approximate surface area is 106 Å². The average molecular weight is 273 g/mol. The molecule has 0 saturated heterocycles. The molecule has 1 heterocycles. The second kappa shape index (κ2) is 4.88. The zero-order valence-electron chi connectivity index (χ0n) is 9.81. The van der Waals surface area contributed by atoms with Crippen molar-refractivity contribution in [3.63, 3.8) is 0 Å². The van der Waals surface area contributed by atoms with Gasteiger partial charge in [-0.15, -0.1) is 13.2 Å². The van der Waals surface area contributed by atoms with E-state index in [4.69, 9.17) is 10.3 Å². The lowest BCUT2D eigenvalue weighted by Crippen LogP contribution is -2.21. The van der Waals surface area contributed by atoms with E-state index in [-0.39, 0.29) is 23.0 Å². The van der Waals surface area contributed by atoms with E-state index in [0.717, 1.165) is 0 Å². The minimum Gasteiger partial charge on any atom is -0.405 e. The smallest absolute Gasteiger partial charge is 0.405 e. The van der Waals surface area contributed by atoms with Crippen molar-refractivity contribution >= 4 is 0 Å². The summed E-state index contributed by atoms with van der Waals surface area (Å²) in [5.41, 5.74) is 5.94. The monoisotopic (exact) mass is 273 g/mol. The van der Waals surface area contributed by atoms with Crippen LogP contribution < -0.4 is 10.5 Å². The fraction of sp³-hybridized carbons (Fsp3) is 0.273. The topological polar surface area (TPSA) is 74.2 Å². The van der Waals surface area contributed by atoms with Crippen molar-refractivity contribution in [2.75, 3.05) is 0 Å². The zero-order chi connectivity index (χ0) is 14.0. The van der Waals surface area contributed by atoms with Crippen molar-refractivity contribution in [2.45, 2.75) is 19.3 Å². The molecule has 8 heteroatoms. The summed E-state index contributed by atoms with van der Waals surface area (Å²) in [6, 6.07) is 4.59. The second-order valence-electron chi connectivity index (χ2n) is 3.73. The van der Waals surface area contributed by atoms with Gasteiger partial charge in [-0.25, -0.2) is 0 Å². The molecule has 2 N–H and O–H groups in total. The van der Waals surface area contributed by atoms with E-state index in [1.165, 1.54) is 18.2 Å². The van der Waals surface area contributed by atoms with Crippen molar-refractivity contribution in [3.05, 3.63) is 41.5 Å². The number of aryl methyl sites for hydroxylation is 1. The molecule has 1 aromatic heterocycles. The molecule has 0 aliphatic rings. The molecule has 5 nitrogen and oxygen atoms in total. The maximum Gasteiger partial charge on any atom is 0.573 e. The first-order valence-corrected chi connectivity index (χ1v) is 5.27. The summed E-state index contributed by atoms with van der Waals surface area (Å²) in [7, 11) is 0. The lowest BCUT2D eigenvalue weighted by molar-refractivity contribution is -0.274. The molecule has 102 valence electrons. The first-order valence-electron chi connectivity index (χ1n) is 5.27. The molecule has 1 atom stereocenters. The van der Waals surface area contributed by atoms with Gasteiger partial charge in [-0.3, -0.25) is 0 Å². The molecule has 0 aliphatic carbocycles. The van der Waals surface area contributed by atoms with Crippen LogP contribution >= 0.6 is 0 Å². The quantitative estimate of drug-likeness (QED) is 0.928. The number of benzene rings is 1. The van der Waals surface area contributed by atoms with Crippen LogP contribution in [-0.2, 0) is 0 Å². The Morgan fingerprint density at radius 3 is 2.58 bits per heavy atom. The highest BCUT2D eigenvalue weighted by Crippen LogP contribution is 2.31. The maximum atomic E-state index is 12.3. The molecule has 0 fully saturated rings. The second-order valence-corrected chi connectivity index (χ2v) is 3.73. The van der Waals surface area contributed by atoms with Gasteiger partial charge in [0, 0.05) is 12.5 Å². The van der Waals surface area contributed by atoms with Gasteiger partial charge in [0.1, 0.15) is 5.75 Å². The molecule has 19 heavy (non-hydrogen) atoms. The van der Waals surface area contributed by atoms with E-state index in [1.54, 1.807) is 13.0 Å². The van der Waals surface area contributed by atoms with E-state index < -0.39 is 12.4 Å². The fourth-order valence-corrected chi connectivity index (χ4v) is 1.54. The summed E-state index contributed by atoms with van der Waals surface area (Å²) in [5, 5.41) is 3.58. The number of nitrogens with zero attached hydrogens (tertiary/aromatic N) is 2. The van der Waals surface area contributed by atoms with Crippen LogP contribution in [0.25, 0.3) is 0 Å². The molecule has 0 aliphatic heterocycles. The number of halogens is 3. The summed E-state index contributed by atoms with van der Waals surface area (Å²) in [6.45, 7) is 1.56. The van der Waals surface area contributed by atoms with Crippen molar-refractivity contribution in [1.82, 2.24) is 10.1 Å². The predicted molar refractivity (Wildman–Crippen MR) is 58.2 cm³/mol. The third-order valence-electron chi connectivity index (χ3n) is 2.30. The van der Waals surface area contributed by atoms with Crippen molar-refractivity contribution < 1.29 is 22.4 Å². The van der Waals surface area contributed by atoms with Crippen molar-refractivity contribution in [1.29, 1.82) is 0 Å². The first kappa shape index (κ1) is 13.3. The van der Waals surface area contributed by atoms with E-state index in [2.05, 4.69) is 14.9 Å².